The molecular formula is C27H29Cl2N7O2. The van der Waals surface area contributed by atoms with E-state index < -0.39 is 0 Å². The Morgan fingerprint density at radius 1 is 1.11 bits per heavy atom. The molecule has 1 fully saturated rings. The third-order valence-corrected chi connectivity index (χ3v) is 8.48. The van der Waals surface area contributed by atoms with Gasteiger partial charge in [-0.15, -0.1) is 0 Å². The van der Waals surface area contributed by atoms with Crippen molar-refractivity contribution in [3.8, 4) is 0 Å². The number of rotatable bonds is 5. The predicted molar refractivity (Wildman–Crippen MR) is 145 cm³/mol. The summed E-state index contributed by atoms with van der Waals surface area (Å²) in [5.41, 5.74) is 3.58. The lowest BCUT2D eigenvalue weighted by atomic mass is 9.97. The monoisotopic (exact) mass is 553 g/mol. The van der Waals surface area contributed by atoms with Gasteiger partial charge >= 0.3 is 0 Å². The minimum absolute atomic E-state index is 0.0120. The van der Waals surface area contributed by atoms with E-state index in [1.165, 1.54) is 0 Å². The van der Waals surface area contributed by atoms with E-state index in [-0.39, 0.29) is 29.9 Å². The number of carbonyl (C=O) groups is 2. The number of hydrogen-bond donors (Lipinski definition) is 1. The molecule has 1 unspecified atom stereocenters. The Bertz CT molecular complexity index is 1420. The van der Waals surface area contributed by atoms with E-state index in [1.54, 1.807) is 35.5 Å². The van der Waals surface area contributed by atoms with Gasteiger partial charge in [-0.25, -0.2) is 9.97 Å². The average Bonchev–Trinajstić information content (AvgIpc) is 3.64. The van der Waals surface area contributed by atoms with Crippen molar-refractivity contribution < 1.29 is 9.59 Å². The Balaban J connectivity index is 1.27. The molecule has 11 heteroatoms. The summed E-state index contributed by atoms with van der Waals surface area (Å²) in [5.74, 6) is 0.371. The van der Waals surface area contributed by atoms with Crippen molar-refractivity contribution in [3.63, 3.8) is 0 Å². The number of nitrogens with one attached hydrogen (secondary N) is 1. The summed E-state index contributed by atoms with van der Waals surface area (Å²) in [6.45, 7) is 6.89. The predicted octanol–water partition coefficient (Wildman–Crippen LogP) is 4.92. The van der Waals surface area contributed by atoms with Crippen molar-refractivity contribution in [2.24, 2.45) is 0 Å². The molecule has 9 nitrogen and oxygen atoms in total. The highest BCUT2D eigenvalue weighted by molar-refractivity contribution is 6.42. The molecule has 3 atom stereocenters. The van der Waals surface area contributed by atoms with Gasteiger partial charge in [0.25, 0.3) is 11.8 Å². The van der Waals surface area contributed by atoms with Crippen molar-refractivity contribution >= 4 is 41.0 Å². The standard InChI is InChI=1S/C27H29Cl2N7O2/c1-14-8-23-20(13-34(14)25(37)17-4-7-21(28)22(29)9-17)24-26(38)35(12-15(2)36(24)33-23)16(3)18-10-30-27(31-11-18)32-19-5-6-19/h4,7,9-11,14-16,19H,5-6,8,12-13H2,1-3H3,(H,30,31,32)/t14-,15-,16?/m1/s1. The molecule has 2 amide bonds. The molecule has 2 aliphatic heterocycles. The third-order valence-electron chi connectivity index (χ3n) is 7.74. The molecule has 1 aliphatic carbocycles. The van der Waals surface area contributed by atoms with Gasteiger partial charge in [-0.05, 0) is 51.8 Å². The van der Waals surface area contributed by atoms with E-state index >= 15 is 0 Å². The Labute approximate surface area is 231 Å². The van der Waals surface area contributed by atoms with E-state index in [4.69, 9.17) is 28.3 Å². The molecule has 1 saturated carbocycles. The third kappa shape index (κ3) is 4.41. The van der Waals surface area contributed by atoms with Gasteiger partial charge in [0.2, 0.25) is 5.95 Å². The van der Waals surface area contributed by atoms with Crippen molar-refractivity contribution in [2.45, 2.75) is 70.7 Å². The zero-order valence-corrected chi connectivity index (χ0v) is 23.0. The average molecular weight is 554 g/mol. The van der Waals surface area contributed by atoms with Crippen LogP contribution in [0.1, 0.15) is 83.4 Å². The van der Waals surface area contributed by atoms with Crippen LogP contribution in [0.3, 0.4) is 0 Å². The van der Waals surface area contributed by atoms with E-state index in [1.807, 2.05) is 23.4 Å². The molecule has 3 aromatic rings. The Morgan fingerprint density at radius 3 is 2.53 bits per heavy atom. The van der Waals surface area contributed by atoms with Gasteiger partial charge in [-0.3, -0.25) is 14.3 Å². The number of halogens is 2. The topological polar surface area (TPSA) is 96.2 Å². The first-order chi connectivity index (χ1) is 18.2. The second-order valence-corrected chi connectivity index (χ2v) is 11.4. The fraction of sp³-hybridized carbons (Fsp3) is 0.444. The molecule has 0 radical (unpaired) electrons. The summed E-state index contributed by atoms with van der Waals surface area (Å²) >= 11 is 12.2. The van der Waals surface area contributed by atoms with Gasteiger partial charge in [-0.1, -0.05) is 23.2 Å². The van der Waals surface area contributed by atoms with Gasteiger partial charge in [0.15, 0.2) is 0 Å². The Hall–Kier alpha value is -3.17. The van der Waals surface area contributed by atoms with Crippen molar-refractivity contribution in [1.29, 1.82) is 0 Å². The SMILES string of the molecule is CC(c1cnc(NC2CC2)nc1)N1C[C@@H](C)n2nc3c(c2C1=O)CN(C(=O)c1ccc(Cl)c(Cl)c1)[C@H](C)C3. The number of carbonyl (C=O) groups excluding carboxylic acids is 2. The quantitative estimate of drug-likeness (QED) is 0.481. The molecule has 0 spiro atoms. The molecule has 2 aromatic heterocycles. The second kappa shape index (κ2) is 9.54. The van der Waals surface area contributed by atoms with Gasteiger partial charge in [0.1, 0.15) is 5.69 Å². The van der Waals surface area contributed by atoms with Crippen LogP contribution in [-0.2, 0) is 13.0 Å². The zero-order chi connectivity index (χ0) is 26.7. The molecule has 198 valence electrons. The van der Waals surface area contributed by atoms with Crippen LogP contribution in [0, 0.1) is 0 Å². The van der Waals surface area contributed by atoms with Gasteiger partial charge in [-0.2, -0.15) is 5.10 Å². The molecule has 1 N–H and O–H groups in total. The minimum atomic E-state index is -0.212. The van der Waals surface area contributed by atoms with E-state index in [0.717, 1.165) is 29.7 Å². The molecule has 1 aromatic carbocycles. The van der Waals surface area contributed by atoms with Crippen LogP contribution in [-0.4, -0.2) is 60.0 Å². The molecule has 3 aliphatic rings. The summed E-state index contributed by atoms with van der Waals surface area (Å²) < 4.78 is 1.84. The Kier molecular flexibility index (Phi) is 6.31. The second-order valence-electron chi connectivity index (χ2n) is 10.6. The van der Waals surface area contributed by atoms with Crippen LogP contribution in [0.2, 0.25) is 10.0 Å². The first-order valence-corrected chi connectivity index (χ1v) is 13.7. The van der Waals surface area contributed by atoms with Crippen LogP contribution < -0.4 is 5.32 Å². The van der Waals surface area contributed by atoms with Crippen molar-refractivity contribution in [2.75, 3.05) is 11.9 Å². The number of aromatic nitrogens is 4. The highest BCUT2D eigenvalue weighted by atomic mass is 35.5. The molecule has 4 heterocycles. The van der Waals surface area contributed by atoms with Crippen molar-refractivity contribution in [1.82, 2.24) is 29.5 Å². The maximum atomic E-state index is 13.9. The summed E-state index contributed by atoms with van der Waals surface area (Å²) in [6.07, 6.45) is 6.45. The van der Waals surface area contributed by atoms with Crippen LogP contribution >= 0.6 is 23.2 Å². The van der Waals surface area contributed by atoms with Gasteiger partial charge < -0.3 is 15.1 Å². The number of fused-ring (bicyclic) bond motifs is 3. The molecule has 0 saturated heterocycles. The fourth-order valence-electron chi connectivity index (χ4n) is 5.31. The van der Waals surface area contributed by atoms with Crippen LogP contribution in [0.4, 0.5) is 5.95 Å². The van der Waals surface area contributed by atoms with Crippen LogP contribution in [0.25, 0.3) is 0 Å². The van der Waals surface area contributed by atoms with Gasteiger partial charge in [0.05, 0.1) is 34.4 Å². The van der Waals surface area contributed by atoms with E-state index in [9.17, 15) is 9.59 Å². The summed E-state index contributed by atoms with van der Waals surface area (Å²) in [6, 6.07) is 5.06. The Morgan fingerprint density at radius 2 is 1.84 bits per heavy atom. The molecular weight excluding hydrogens is 525 g/mol. The summed E-state index contributed by atoms with van der Waals surface area (Å²) in [7, 11) is 0. The highest BCUT2D eigenvalue weighted by Gasteiger charge is 2.40. The summed E-state index contributed by atoms with van der Waals surface area (Å²) in [4.78, 5) is 39.9. The maximum absolute atomic E-state index is 13.9. The summed E-state index contributed by atoms with van der Waals surface area (Å²) in [5, 5.41) is 8.86. The number of nitrogens with zero attached hydrogens (tertiary/aromatic N) is 6. The van der Waals surface area contributed by atoms with Crippen molar-refractivity contribution in [3.05, 3.63) is 68.7 Å². The first-order valence-electron chi connectivity index (χ1n) is 13.0. The zero-order valence-electron chi connectivity index (χ0n) is 21.5. The van der Waals surface area contributed by atoms with Gasteiger partial charge in [0, 0.05) is 54.1 Å². The number of hydrogen-bond acceptors (Lipinski definition) is 6. The first kappa shape index (κ1) is 25.1. The normalized spacial score (nSPS) is 21.7. The lowest BCUT2D eigenvalue weighted by Gasteiger charge is -2.37. The number of amides is 2. The smallest absolute Gasteiger partial charge is 0.273 e. The molecule has 6 rings (SSSR count). The molecule has 38 heavy (non-hydrogen) atoms. The minimum Gasteiger partial charge on any atom is -0.351 e. The van der Waals surface area contributed by atoms with E-state index in [2.05, 4.69) is 22.2 Å². The number of benzene rings is 1. The largest absolute Gasteiger partial charge is 0.351 e. The fourth-order valence-corrected chi connectivity index (χ4v) is 5.61. The maximum Gasteiger partial charge on any atom is 0.273 e. The van der Waals surface area contributed by atoms with Crippen LogP contribution in [0.15, 0.2) is 30.6 Å². The number of anilines is 1. The van der Waals surface area contributed by atoms with Crippen LogP contribution in [0.5, 0.6) is 0 Å². The van der Waals surface area contributed by atoms with E-state index in [0.29, 0.717) is 52.8 Å². The lowest BCUT2D eigenvalue weighted by Crippen LogP contribution is -2.45. The molecule has 0 bridgehead atoms. The lowest BCUT2D eigenvalue weighted by molar-refractivity contribution is 0.0573. The highest BCUT2D eigenvalue weighted by Crippen LogP contribution is 2.35.